The van der Waals surface area contributed by atoms with E-state index in [1.165, 1.54) is 6.26 Å². The van der Waals surface area contributed by atoms with E-state index in [0.717, 1.165) is 28.0 Å². The Labute approximate surface area is 191 Å². The smallest absolute Gasteiger partial charge is 0.251 e. The second-order valence-corrected chi connectivity index (χ2v) is 10.0. The monoisotopic (exact) mass is 459 g/mol. The largest absolute Gasteiger partial charge is 0.487 e. The molecule has 0 radical (unpaired) electrons. The Morgan fingerprint density at radius 1 is 1.03 bits per heavy atom. The van der Waals surface area contributed by atoms with E-state index in [1.54, 1.807) is 54.9 Å². The van der Waals surface area contributed by atoms with Crippen molar-refractivity contribution >= 4 is 26.8 Å². The minimum atomic E-state index is -3.25. The van der Waals surface area contributed by atoms with Gasteiger partial charge in [-0.25, -0.2) is 8.42 Å². The van der Waals surface area contributed by atoms with Crippen molar-refractivity contribution in [2.75, 3.05) is 12.8 Å². The van der Waals surface area contributed by atoms with Crippen LogP contribution in [0.15, 0.2) is 78.0 Å². The van der Waals surface area contributed by atoms with Gasteiger partial charge in [0.05, 0.1) is 22.5 Å². The average Bonchev–Trinajstić information content (AvgIpc) is 3.25. The fourth-order valence-electron chi connectivity index (χ4n) is 3.97. The summed E-state index contributed by atoms with van der Waals surface area (Å²) in [7, 11) is -3.25. The number of fused-ring (bicyclic) bond motifs is 2. The first-order chi connectivity index (χ1) is 15.9. The highest BCUT2D eigenvalue weighted by Crippen LogP contribution is 2.38. The van der Waals surface area contributed by atoms with Crippen molar-refractivity contribution in [3.05, 3.63) is 84.2 Å². The number of hydrogen-bond donors (Lipinski definition) is 1. The Morgan fingerprint density at radius 2 is 1.79 bits per heavy atom. The lowest BCUT2D eigenvalue weighted by Crippen LogP contribution is -2.34. The lowest BCUT2D eigenvalue weighted by atomic mass is 10.0. The van der Waals surface area contributed by atoms with Crippen LogP contribution in [0.5, 0.6) is 5.75 Å². The molecule has 1 aliphatic rings. The van der Waals surface area contributed by atoms with Crippen LogP contribution in [0.25, 0.3) is 22.2 Å². The molecule has 7 nitrogen and oxygen atoms in total. The zero-order valence-electron chi connectivity index (χ0n) is 17.9. The Hall–Kier alpha value is -3.78. The van der Waals surface area contributed by atoms with Crippen LogP contribution in [0, 0.1) is 0 Å². The maximum atomic E-state index is 12.7. The number of nitrogens with one attached hydrogen (secondary N) is 1. The summed E-state index contributed by atoms with van der Waals surface area (Å²) in [5, 5.41) is 2.94. The summed E-state index contributed by atoms with van der Waals surface area (Å²) < 4.78 is 29.7. The number of aromatic nitrogens is 2. The molecule has 33 heavy (non-hydrogen) atoms. The van der Waals surface area contributed by atoms with Crippen LogP contribution in [-0.4, -0.2) is 43.2 Å². The van der Waals surface area contributed by atoms with Crippen molar-refractivity contribution in [2.45, 2.75) is 17.4 Å². The summed E-state index contributed by atoms with van der Waals surface area (Å²) in [5.74, 6) is 0.573. The molecule has 1 atom stereocenters. The zero-order chi connectivity index (χ0) is 23.0. The molecule has 1 aliphatic heterocycles. The fraction of sp³-hybridized carbons (Fsp3) is 0.160. The topological polar surface area (TPSA) is 98.2 Å². The van der Waals surface area contributed by atoms with Crippen LogP contribution in [0.3, 0.4) is 0 Å². The van der Waals surface area contributed by atoms with E-state index < -0.39 is 9.84 Å². The first kappa shape index (κ1) is 21.1. The minimum absolute atomic E-state index is 0.194. The first-order valence-electron chi connectivity index (χ1n) is 10.5. The van der Waals surface area contributed by atoms with Gasteiger partial charge in [0.15, 0.2) is 9.84 Å². The number of carbonyl (C=O) groups is 1. The van der Waals surface area contributed by atoms with Gasteiger partial charge < -0.3 is 10.1 Å². The third-order valence-corrected chi connectivity index (χ3v) is 6.77. The van der Waals surface area contributed by atoms with Crippen LogP contribution >= 0.6 is 0 Å². The van der Waals surface area contributed by atoms with E-state index >= 15 is 0 Å². The Morgan fingerprint density at radius 3 is 2.55 bits per heavy atom. The van der Waals surface area contributed by atoms with Crippen LogP contribution in [-0.2, 0) is 16.3 Å². The molecule has 0 aliphatic carbocycles. The summed E-state index contributed by atoms with van der Waals surface area (Å²) in [6.07, 6.45) is 4.88. The molecule has 1 amide bonds. The van der Waals surface area contributed by atoms with Gasteiger partial charge in [-0.1, -0.05) is 30.3 Å². The number of carbonyl (C=O) groups excluding carboxylic acids is 1. The van der Waals surface area contributed by atoms with Crippen molar-refractivity contribution in [1.29, 1.82) is 0 Å². The number of para-hydroxylation sites is 1. The highest BCUT2D eigenvalue weighted by molar-refractivity contribution is 7.90. The molecule has 1 N–H and O–H groups in total. The lowest BCUT2D eigenvalue weighted by Gasteiger charge is -2.14. The van der Waals surface area contributed by atoms with Crippen molar-refractivity contribution in [3.8, 4) is 16.9 Å². The third-order valence-electron chi connectivity index (χ3n) is 5.64. The van der Waals surface area contributed by atoms with E-state index in [1.807, 2.05) is 18.2 Å². The highest BCUT2D eigenvalue weighted by Gasteiger charge is 2.26. The molecule has 166 valence electrons. The number of amides is 1. The predicted molar refractivity (Wildman–Crippen MR) is 125 cm³/mol. The molecular formula is C25H21N3O4S. The predicted octanol–water partition coefficient (Wildman–Crippen LogP) is 3.43. The Bertz CT molecular complexity index is 1470. The van der Waals surface area contributed by atoms with Crippen LogP contribution in [0.4, 0.5) is 0 Å². The molecule has 2 heterocycles. The van der Waals surface area contributed by atoms with E-state index in [9.17, 15) is 13.2 Å². The first-order valence-corrected chi connectivity index (χ1v) is 12.4. The van der Waals surface area contributed by atoms with Crippen molar-refractivity contribution in [1.82, 2.24) is 15.3 Å². The van der Waals surface area contributed by atoms with Crippen molar-refractivity contribution in [2.24, 2.45) is 0 Å². The molecular weight excluding hydrogens is 438 g/mol. The number of rotatable bonds is 5. The molecule has 5 rings (SSSR count). The molecule has 0 saturated carbocycles. The standard InChI is InChI=1S/C25H21N3O4S/c1-33(30,31)20-8-5-16(6-9-20)21-4-2-3-17-13-19(32-24(17)21)15-28-25(29)18-7-10-22-23(14-18)27-12-11-26-22/h2-12,14,19H,13,15H2,1H3,(H,28,29). The van der Waals surface area contributed by atoms with Gasteiger partial charge in [0.25, 0.3) is 5.91 Å². The van der Waals surface area contributed by atoms with Gasteiger partial charge in [-0.2, -0.15) is 0 Å². The Kier molecular flexibility index (Phi) is 5.30. The highest BCUT2D eigenvalue weighted by atomic mass is 32.2. The van der Waals surface area contributed by atoms with Crippen LogP contribution < -0.4 is 10.1 Å². The van der Waals surface area contributed by atoms with Gasteiger partial charge >= 0.3 is 0 Å². The van der Waals surface area contributed by atoms with Crippen molar-refractivity contribution in [3.63, 3.8) is 0 Å². The Balaban J connectivity index is 1.29. The molecule has 3 aromatic carbocycles. The van der Waals surface area contributed by atoms with Crippen LogP contribution in [0.1, 0.15) is 15.9 Å². The number of benzene rings is 3. The molecule has 4 aromatic rings. The maximum Gasteiger partial charge on any atom is 0.251 e. The van der Waals surface area contributed by atoms with Gasteiger partial charge in [-0.15, -0.1) is 0 Å². The molecule has 0 bridgehead atoms. The second kappa shape index (κ2) is 8.29. The van der Waals surface area contributed by atoms with Crippen molar-refractivity contribution < 1.29 is 17.9 Å². The van der Waals surface area contributed by atoms with Gasteiger partial charge in [-0.3, -0.25) is 14.8 Å². The molecule has 8 heteroatoms. The normalized spacial score (nSPS) is 15.1. The summed E-state index contributed by atoms with van der Waals surface area (Å²) in [6.45, 7) is 0.360. The SMILES string of the molecule is CS(=O)(=O)c1ccc(-c2cccc3c2OC(CNC(=O)c2ccc4nccnc4c2)C3)cc1. The van der Waals surface area contributed by atoms with Crippen LogP contribution in [0.2, 0.25) is 0 Å². The maximum absolute atomic E-state index is 12.7. The molecule has 0 fully saturated rings. The lowest BCUT2D eigenvalue weighted by molar-refractivity contribution is 0.0934. The molecule has 1 unspecified atom stereocenters. The molecule has 1 aromatic heterocycles. The summed E-state index contributed by atoms with van der Waals surface area (Å²) in [4.78, 5) is 21.4. The zero-order valence-corrected chi connectivity index (χ0v) is 18.7. The second-order valence-electron chi connectivity index (χ2n) is 8.00. The van der Waals surface area contributed by atoms with E-state index in [2.05, 4.69) is 15.3 Å². The molecule has 0 spiro atoms. The number of ether oxygens (including phenoxy) is 1. The summed E-state index contributed by atoms with van der Waals surface area (Å²) in [5.41, 5.74) is 4.75. The molecule has 0 saturated heterocycles. The van der Waals surface area contributed by atoms with E-state index in [-0.39, 0.29) is 16.9 Å². The third kappa shape index (κ3) is 4.29. The van der Waals surface area contributed by atoms with Gasteiger partial charge in [0.1, 0.15) is 11.9 Å². The summed E-state index contributed by atoms with van der Waals surface area (Å²) in [6, 6.07) is 17.9. The van der Waals surface area contributed by atoms with E-state index in [0.29, 0.717) is 24.0 Å². The van der Waals surface area contributed by atoms with Gasteiger partial charge in [0, 0.05) is 36.2 Å². The fourth-order valence-corrected chi connectivity index (χ4v) is 4.60. The van der Waals surface area contributed by atoms with Gasteiger partial charge in [0.2, 0.25) is 0 Å². The average molecular weight is 460 g/mol. The number of nitrogens with zero attached hydrogens (tertiary/aromatic N) is 2. The van der Waals surface area contributed by atoms with Gasteiger partial charge in [-0.05, 0) is 41.5 Å². The van der Waals surface area contributed by atoms with E-state index in [4.69, 9.17) is 4.74 Å². The quantitative estimate of drug-likeness (QED) is 0.491. The summed E-state index contributed by atoms with van der Waals surface area (Å²) >= 11 is 0. The minimum Gasteiger partial charge on any atom is -0.487 e. The number of hydrogen-bond acceptors (Lipinski definition) is 6. The number of sulfone groups is 1.